The van der Waals surface area contributed by atoms with E-state index in [1.807, 2.05) is 30.3 Å². The molecule has 0 atom stereocenters. The van der Waals surface area contributed by atoms with E-state index in [9.17, 15) is 0 Å². The third-order valence-electron chi connectivity index (χ3n) is 3.00. The summed E-state index contributed by atoms with van der Waals surface area (Å²) in [6.45, 7) is 0. The Balaban J connectivity index is 1.93. The molecule has 0 bridgehead atoms. The van der Waals surface area contributed by atoms with Crippen molar-refractivity contribution in [1.29, 1.82) is 5.26 Å². The maximum absolute atomic E-state index is 8.91. The third-order valence-corrected chi connectivity index (χ3v) is 3.00. The van der Waals surface area contributed by atoms with Crippen molar-refractivity contribution in [1.82, 2.24) is 10.2 Å². The maximum Gasteiger partial charge on any atom is 0.248 e. The van der Waals surface area contributed by atoms with Gasteiger partial charge in [-0.2, -0.15) is 5.26 Å². The predicted molar refractivity (Wildman–Crippen MR) is 76.4 cm³/mol. The van der Waals surface area contributed by atoms with Crippen LogP contribution in [0.1, 0.15) is 5.56 Å². The Morgan fingerprint density at radius 3 is 2.38 bits per heavy atom. The number of rotatable bonds is 3. The van der Waals surface area contributed by atoms with Crippen molar-refractivity contribution < 1.29 is 9.15 Å². The van der Waals surface area contributed by atoms with E-state index in [0.29, 0.717) is 17.3 Å². The van der Waals surface area contributed by atoms with E-state index in [-0.39, 0.29) is 0 Å². The molecule has 102 valence electrons. The van der Waals surface area contributed by atoms with E-state index < -0.39 is 0 Å². The number of hydrogen-bond donors (Lipinski definition) is 0. The van der Waals surface area contributed by atoms with E-state index in [1.54, 1.807) is 25.3 Å². The summed E-state index contributed by atoms with van der Waals surface area (Å²) in [6.07, 6.45) is 0. The number of nitriles is 1. The van der Waals surface area contributed by atoms with Crippen LogP contribution in [0, 0.1) is 11.3 Å². The van der Waals surface area contributed by atoms with Crippen molar-refractivity contribution in [3.05, 3.63) is 54.1 Å². The fourth-order valence-electron chi connectivity index (χ4n) is 1.91. The molecule has 0 fully saturated rings. The van der Waals surface area contributed by atoms with Crippen molar-refractivity contribution in [2.75, 3.05) is 7.11 Å². The molecule has 0 unspecified atom stereocenters. The van der Waals surface area contributed by atoms with Gasteiger partial charge in [0.25, 0.3) is 0 Å². The second kappa shape index (κ2) is 5.47. The van der Waals surface area contributed by atoms with E-state index in [1.165, 1.54) is 0 Å². The monoisotopic (exact) mass is 277 g/mol. The summed E-state index contributed by atoms with van der Waals surface area (Å²) >= 11 is 0. The zero-order chi connectivity index (χ0) is 14.7. The molecule has 5 heteroatoms. The van der Waals surface area contributed by atoms with E-state index in [4.69, 9.17) is 14.4 Å². The van der Waals surface area contributed by atoms with Crippen LogP contribution in [0.2, 0.25) is 0 Å². The molecular formula is C16H11N3O2. The van der Waals surface area contributed by atoms with Gasteiger partial charge in [-0.15, -0.1) is 10.2 Å². The predicted octanol–water partition coefficient (Wildman–Crippen LogP) is 3.28. The molecular weight excluding hydrogens is 266 g/mol. The van der Waals surface area contributed by atoms with Gasteiger partial charge in [0, 0.05) is 11.1 Å². The van der Waals surface area contributed by atoms with Crippen LogP contribution in [0.5, 0.6) is 5.75 Å². The molecule has 0 amide bonds. The van der Waals surface area contributed by atoms with Crippen LogP contribution in [0.3, 0.4) is 0 Å². The Hall–Kier alpha value is -3.13. The van der Waals surface area contributed by atoms with Gasteiger partial charge in [-0.3, -0.25) is 0 Å². The van der Waals surface area contributed by atoms with Gasteiger partial charge in [-0.05, 0) is 42.5 Å². The Morgan fingerprint density at radius 1 is 1.00 bits per heavy atom. The van der Waals surface area contributed by atoms with Crippen LogP contribution in [-0.2, 0) is 0 Å². The lowest BCUT2D eigenvalue weighted by atomic mass is 10.1. The Bertz CT molecular complexity index is 801. The highest BCUT2D eigenvalue weighted by Crippen LogP contribution is 2.25. The highest BCUT2D eigenvalue weighted by molar-refractivity contribution is 5.59. The second-order valence-electron chi connectivity index (χ2n) is 4.33. The van der Waals surface area contributed by atoms with E-state index >= 15 is 0 Å². The maximum atomic E-state index is 8.91. The van der Waals surface area contributed by atoms with Crippen molar-refractivity contribution in [3.8, 4) is 34.7 Å². The van der Waals surface area contributed by atoms with Gasteiger partial charge < -0.3 is 9.15 Å². The standard InChI is InChI=1S/C16H11N3O2/c1-20-14-7-5-12(6-8-14)15-18-19-16(21-15)13-4-2-3-11(9-13)10-17/h2-9H,1H3. The van der Waals surface area contributed by atoms with Crippen LogP contribution in [0.4, 0.5) is 0 Å². The first-order valence-corrected chi connectivity index (χ1v) is 6.28. The minimum Gasteiger partial charge on any atom is -0.497 e. The Morgan fingerprint density at radius 2 is 1.71 bits per heavy atom. The summed E-state index contributed by atoms with van der Waals surface area (Å²) in [7, 11) is 1.61. The number of ether oxygens (including phenoxy) is 1. The molecule has 0 saturated carbocycles. The fraction of sp³-hybridized carbons (Fsp3) is 0.0625. The highest BCUT2D eigenvalue weighted by atomic mass is 16.5. The molecule has 0 aliphatic carbocycles. The largest absolute Gasteiger partial charge is 0.497 e. The quantitative estimate of drug-likeness (QED) is 0.734. The molecule has 2 aromatic carbocycles. The molecule has 21 heavy (non-hydrogen) atoms. The molecule has 0 radical (unpaired) electrons. The molecule has 3 rings (SSSR count). The molecule has 1 heterocycles. The van der Waals surface area contributed by atoms with Crippen LogP contribution < -0.4 is 4.74 Å². The number of nitrogens with zero attached hydrogens (tertiary/aromatic N) is 3. The Kier molecular flexibility index (Phi) is 3.36. The van der Waals surface area contributed by atoms with Crippen LogP contribution in [-0.4, -0.2) is 17.3 Å². The van der Waals surface area contributed by atoms with Gasteiger partial charge in [-0.25, -0.2) is 0 Å². The molecule has 0 spiro atoms. The van der Waals surface area contributed by atoms with Gasteiger partial charge in [-0.1, -0.05) is 6.07 Å². The number of benzene rings is 2. The molecule has 0 aliphatic heterocycles. The summed E-state index contributed by atoms with van der Waals surface area (Å²) in [5.41, 5.74) is 2.09. The first kappa shape index (κ1) is 12.9. The lowest BCUT2D eigenvalue weighted by molar-refractivity contribution is 0.415. The van der Waals surface area contributed by atoms with Crippen LogP contribution in [0.15, 0.2) is 52.9 Å². The highest BCUT2D eigenvalue weighted by Gasteiger charge is 2.10. The van der Waals surface area contributed by atoms with Gasteiger partial charge in [0.2, 0.25) is 11.8 Å². The van der Waals surface area contributed by atoms with Crippen LogP contribution >= 0.6 is 0 Å². The van der Waals surface area contributed by atoms with Gasteiger partial charge in [0.1, 0.15) is 5.75 Å². The topological polar surface area (TPSA) is 71.9 Å². The van der Waals surface area contributed by atoms with Crippen molar-refractivity contribution in [2.24, 2.45) is 0 Å². The number of methoxy groups -OCH3 is 1. The SMILES string of the molecule is COc1ccc(-c2nnc(-c3cccc(C#N)c3)o2)cc1. The number of aromatic nitrogens is 2. The molecule has 0 N–H and O–H groups in total. The van der Waals surface area contributed by atoms with Crippen LogP contribution in [0.25, 0.3) is 22.9 Å². The molecule has 0 saturated heterocycles. The average Bonchev–Trinajstić information content (AvgIpc) is 3.05. The average molecular weight is 277 g/mol. The molecule has 0 aliphatic rings. The van der Waals surface area contributed by atoms with Gasteiger partial charge in [0.05, 0.1) is 18.7 Å². The third kappa shape index (κ3) is 2.60. The van der Waals surface area contributed by atoms with E-state index in [2.05, 4.69) is 16.3 Å². The first-order chi connectivity index (χ1) is 10.3. The van der Waals surface area contributed by atoms with Gasteiger partial charge in [0.15, 0.2) is 0 Å². The van der Waals surface area contributed by atoms with Crippen molar-refractivity contribution in [3.63, 3.8) is 0 Å². The lowest BCUT2D eigenvalue weighted by Gasteiger charge is -1.99. The second-order valence-corrected chi connectivity index (χ2v) is 4.33. The van der Waals surface area contributed by atoms with E-state index in [0.717, 1.165) is 16.9 Å². The summed E-state index contributed by atoms with van der Waals surface area (Å²) in [5.74, 6) is 1.58. The summed E-state index contributed by atoms with van der Waals surface area (Å²) < 4.78 is 10.8. The normalized spacial score (nSPS) is 10.1. The summed E-state index contributed by atoms with van der Waals surface area (Å²) in [6, 6.07) is 16.5. The van der Waals surface area contributed by atoms with Gasteiger partial charge >= 0.3 is 0 Å². The smallest absolute Gasteiger partial charge is 0.248 e. The number of hydrogen-bond acceptors (Lipinski definition) is 5. The fourth-order valence-corrected chi connectivity index (χ4v) is 1.91. The minimum absolute atomic E-state index is 0.387. The molecule has 3 aromatic rings. The minimum atomic E-state index is 0.387. The zero-order valence-electron chi connectivity index (χ0n) is 11.3. The molecule has 1 aromatic heterocycles. The Labute approximate surface area is 121 Å². The van der Waals surface area contributed by atoms with Crippen molar-refractivity contribution in [2.45, 2.75) is 0 Å². The van der Waals surface area contributed by atoms with Crippen molar-refractivity contribution >= 4 is 0 Å². The summed E-state index contributed by atoms with van der Waals surface area (Å²) in [4.78, 5) is 0. The lowest BCUT2D eigenvalue weighted by Crippen LogP contribution is -1.82. The zero-order valence-corrected chi connectivity index (χ0v) is 11.3. The first-order valence-electron chi connectivity index (χ1n) is 6.28. The summed E-state index contributed by atoms with van der Waals surface area (Å²) in [5, 5.41) is 17.0. The molecule has 5 nitrogen and oxygen atoms in total.